The topological polar surface area (TPSA) is 74.5 Å². The molecule has 152 valence electrons. The van der Waals surface area contributed by atoms with Crippen molar-refractivity contribution in [2.75, 3.05) is 43.1 Å². The van der Waals surface area contributed by atoms with Crippen LogP contribution < -0.4 is 19.4 Å². The molecule has 2 aromatic rings. The number of phenolic OH excluding ortho intramolecular Hbond substituents is 1. The fourth-order valence-corrected chi connectivity index (χ4v) is 4.33. The van der Waals surface area contributed by atoms with Gasteiger partial charge in [0.25, 0.3) is 5.91 Å². The van der Waals surface area contributed by atoms with E-state index in [1.807, 2.05) is 12.1 Å². The van der Waals surface area contributed by atoms with E-state index in [-0.39, 0.29) is 30.0 Å². The molecule has 0 spiro atoms. The fourth-order valence-electron chi connectivity index (χ4n) is 4.08. The normalized spacial score (nSPS) is 20.4. The molecule has 0 bridgehead atoms. The van der Waals surface area contributed by atoms with E-state index in [0.717, 1.165) is 36.8 Å². The van der Waals surface area contributed by atoms with Crippen LogP contribution in [-0.4, -0.2) is 56.3 Å². The van der Waals surface area contributed by atoms with Gasteiger partial charge in [0.05, 0.1) is 50.4 Å². The fraction of sp³-hybridized carbons (Fsp3) is 0.333. The number of nitrogens with zero attached hydrogens (tertiary/aromatic N) is 2. The number of nitrogens with one attached hydrogen (secondary N) is 1. The van der Waals surface area contributed by atoms with Crippen molar-refractivity contribution in [1.82, 2.24) is 0 Å². The summed E-state index contributed by atoms with van der Waals surface area (Å²) in [6.07, 6.45) is 0.205. The first-order valence-electron chi connectivity index (χ1n) is 9.57. The molecule has 2 N–H and O–H groups in total. The minimum Gasteiger partial charge on any atom is -0.508 e. The highest BCUT2D eigenvalue weighted by Gasteiger charge is 2.46. The van der Waals surface area contributed by atoms with E-state index in [1.165, 1.54) is 12.0 Å². The molecular formula is C21H23ClN3O4+. The van der Waals surface area contributed by atoms with Crippen LogP contribution in [0.4, 0.5) is 11.4 Å². The Kier molecular flexibility index (Phi) is 5.34. The number of ether oxygens (including phenoxy) is 1. The van der Waals surface area contributed by atoms with Crippen LogP contribution in [0.25, 0.3) is 0 Å². The molecule has 8 heteroatoms. The van der Waals surface area contributed by atoms with E-state index >= 15 is 0 Å². The summed E-state index contributed by atoms with van der Waals surface area (Å²) in [6, 6.07) is 11.7. The summed E-state index contributed by atoms with van der Waals surface area (Å²) < 4.78 is 5.14. The Morgan fingerprint density at radius 3 is 2.34 bits per heavy atom. The Hall–Kier alpha value is -2.77. The second-order valence-electron chi connectivity index (χ2n) is 7.30. The van der Waals surface area contributed by atoms with Crippen molar-refractivity contribution < 1.29 is 24.3 Å². The summed E-state index contributed by atoms with van der Waals surface area (Å²) in [5, 5.41) is 9.81. The Balaban J connectivity index is 1.44. The first kappa shape index (κ1) is 19.5. The number of imide groups is 1. The zero-order valence-corrected chi connectivity index (χ0v) is 16.9. The molecule has 0 aromatic heterocycles. The summed E-state index contributed by atoms with van der Waals surface area (Å²) in [6.45, 7) is 3.10. The number of carbonyl (C=O) groups is 2. The average Bonchev–Trinajstić information content (AvgIpc) is 3.02. The molecule has 7 nitrogen and oxygen atoms in total. The lowest BCUT2D eigenvalue weighted by Gasteiger charge is -2.35. The highest BCUT2D eigenvalue weighted by molar-refractivity contribution is 6.32. The van der Waals surface area contributed by atoms with Gasteiger partial charge in [0.1, 0.15) is 11.5 Å². The largest absolute Gasteiger partial charge is 0.508 e. The molecular weight excluding hydrogens is 394 g/mol. The molecule has 0 aliphatic carbocycles. The van der Waals surface area contributed by atoms with E-state index < -0.39 is 0 Å². The number of anilines is 2. The van der Waals surface area contributed by atoms with Gasteiger partial charge in [0, 0.05) is 5.69 Å². The molecule has 0 saturated carbocycles. The molecule has 2 aromatic carbocycles. The number of methoxy groups -OCH3 is 1. The van der Waals surface area contributed by atoms with Crippen LogP contribution in [0.2, 0.25) is 5.02 Å². The summed E-state index contributed by atoms with van der Waals surface area (Å²) in [5.74, 6) is 0.368. The summed E-state index contributed by atoms with van der Waals surface area (Å²) in [4.78, 5) is 30.2. The van der Waals surface area contributed by atoms with Crippen LogP contribution in [0.15, 0.2) is 42.5 Å². The third-order valence-corrected chi connectivity index (χ3v) is 5.95. The smallest absolute Gasteiger partial charge is 0.292 e. The van der Waals surface area contributed by atoms with Gasteiger partial charge >= 0.3 is 0 Å². The lowest BCUT2D eigenvalue weighted by molar-refractivity contribution is -0.915. The van der Waals surface area contributed by atoms with Crippen LogP contribution in [0, 0.1) is 0 Å². The van der Waals surface area contributed by atoms with Crippen molar-refractivity contribution in [3.63, 3.8) is 0 Å². The van der Waals surface area contributed by atoms with Crippen molar-refractivity contribution >= 4 is 34.8 Å². The number of halogens is 1. The van der Waals surface area contributed by atoms with Crippen molar-refractivity contribution in [3.8, 4) is 11.5 Å². The van der Waals surface area contributed by atoms with Crippen LogP contribution in [0.5, 0.6) is 11.5 Å². The lowest BCUT2D eigenvalue weighted by atomic mass is 10.1. The van der Waals surface area contributed by atoms with Gasteiger partial charge in [-0.15, -0.1) is 0 Å². The van der Waals surface area contributed by atoms with Crippen LogP contribution in [0.3, 0.4) is 0 Å². The number of amides is 2. The number of hydrogen-bond acceptors (Lipinski definition) is 5. The predicted octanol–water partition coefficient (Wildman–Crippen LogP) is 1.09. The third kappa shape index (κ3) is 3.75. The van der Waals surface area contributed by atoms with Gasteiger partial charge < -0.3 is 19.6 Å². The van der Waals surface area contributed by atoms with Crippen LogP contribution in [0.1, 0.15) is 6.42 Å². The Labute approximate surface area is 174 Å². The second-order valence-corrected chi connectivity index (χ2v) is 7.71. The van der Waals surface area contributed by atoms with Crippen LogP contribution in [-0.2, 0) is 9.59 Å². The number of aromatic hydroxyl groups is 1. The molecule has 0 radical (unpaired) electrons. The van der Waals surface area contributed by atoms with E-state index in [1.54, 1.807) is 30.3 Å². The molecule has 2 aliphatic rings. The number of quaternary nitrogens is 1. The Morgan fingerprint density at radius 2 is 1.72 bits per heavy atom. The lowest BCUT2D eigenvalue weighted by Crippen LogP contribution is -3.19. The Morgan fingerprint density at radius 1 is 1.07 bits per heavy atom. The van der Waals surface area contributed by atoms with Gasteiger partial charge in [-0.2, -0.15) is 0 Å². The first-order chi connectivity index (χ1) is 14.0. The quantitative estimate of drug-likeness (QED) is 0.730. The summed E-state index contributed by atoms with van der Waals surface area (Å²) in [7, 11) is 1.52. The van der Waals surface area contributed by atoms with Crippen molar-refractivity contribution in [2.24, 2.45) is 0 Å². The molecule has 2 fully saturated rings. The number of phenols is 1. The van der Waals surface area contributed by atoms with Crippen molar-refractivity contribution in [1.29, 1.82) is 0 Å². The maximum Gasteiger partial charge on any atom is 0.292 e. The molecule has 29 heavy (non-hydrogen) atoms. The van der Waals surface area contributed by atoms with Crippen molar-refractivity contribution in [3.05, 3.63) is 47.5 Å². The van der Waals surface area contributed by atoms with Gasteiger partial charge in [-0.1, -0.05) is 11.6 Å². The van der Waals surface area contributed by atoms with Crippen molar-refractivity contribution in [2.45, 2.75) is 12.5 Å². The molecule has 2 saturated heterocycles. The highest BCUT2D eigenvalue weighted by atomic mass is 35.5. The molecule has 2 heterocycles. The van der Waals surface area contributed by atoms with Gasteiger partial charge in [-0.05, 0) is 42.5 Å². The standard InChI is InChI=1S/C21H22ClN3O4/c1-29-19-7-4-15(12-17(19)22)25-20(27)13-18(21(25)28)24-10-8-23(9-11-24)14-2-5-16(26)6-3-14/h2-7,12,18,26H,8-11,13H2,1H3/p+1/t18-/m1/s1. The molecule has 2 amide bonds. The summed E-state index contributed by atoms with van der Waals surface area (Å²) >= 11 is 6.17. The maximum atomic E-state index is 13.0. The maximum absolute atomic E-state index is 13.0. The summed E-state index contributed by atoms with van der Waals surface area (Å²) in [5.41, 5.74) is 1.53. The van der Waals surface area contributed by atoms with E-state index in [9.17, 15) is 14.7 Å². The van der Waals surface area contributed by atoms with E-state index in [0.29, 0.717) is 16.5 Å². The van der Waals surface area contributed by atoms with E-state index in [4.69, 9.17) is 16.3 Å². The molecule has 2 aliphatic heterocycles. The number of carbonyl (C=O) groups excluding carboxylic acids is 2. The highest BCUT2D eigenvalue weighted by Crippen LogP contribution is 2.31. The zero-order chi connectivity index (χ0) is 20.5. The Bertz CT molecular complexity index is 926. The zero-order valence-electron chi connectivity index (χ0n) is 16.1. The van der Waals surface area contributed by atoms with Gasteiger partial charge in [0.2, 0.25) is 5.91 Å². The monoisotopic (exact) mass is 416 g/mol. The van der Waals surface area contributed by atoms with Gasteiger partial charge in [-0.3, -0.25) is 9.59 Å². The number of benzene rings is 2. The predicted molar refractivity (Wildman–Crippen MR) is 110 cm³/mol. The number of piperazine rings is 1. The minimum atomic E-state index is -0.370. The first-order valence-corrected chi connectivity index (χ1v) is 9.94. The SMILES string of the molecule is COc1ccc(N2C(=O)C[C@@H]([NH+]3CCN(c4ccc(O)cc4)CC3)C2=O)cc1Cl. The third-order valence-electron chi connectivity index (χ3n) is 5.65. The average molecular weight is 417 g/mol. The number of hydrogen-bond donors (Lipinski definition) is 2. The molecule has 1 atom stereocenters. The van der Waals surface area contributed by atoms with Gasteiger partial charge in [-0.25, -0.2) is 4.90 Å². The minimum absolute atomic E-state index is 0.177. The van der Waals surface area contributed by atoms with E-state index in [2.05, 4.69) is 4.90 Å². The molecule has 0 unspecified atom stereocenters. The van der Waals surface area contributed by atoms with Gasteiger partial charge in [0.15, 0.2) is 6.04 Å². The van der Waals surface area contributed by atoms with Crippen LogP contribution >= 0.6 is 11.6 Å². The molecule has 4 rings (SSSR count). The second kappa shape index (κ2) is 7.93. The number of rotatable bonds is 4.